The van der Waals surface area contributed by atoms with Gasteiger partial charge in [0.25, 0.3) is 0 Å². The molecule has 10 nitrogen and oxygen atoms in total. The topological polar surface area (TPSA) is 132 Å². The van der Waals surface area contributed by atoms with Crippen LogP contribution in [0.25, 0.3) is 0 Å². The number of benzene rings is 3. The lowest BCUT2D eigenvalue weighted by Gasteiger charge is -2.31. The lowest BCUT2D eigenvalue weighted by Crippen LogP contribution is -2.49. The Labute approximate surface area is 230 Å². The highest BCUT2D eigenvalue weighted by molar-refractivity contribution is 5.90. The van der Waals surface area contributed by atoms with Gasteiger partial charge in [-0.3, -0.25) is 9.59 Å². The van der Waals surface area contributed by atoms with Gasteiger partial charge >= 0.3 is 29.8 Å². The van der Waals surface area contributed by atoms with Crippen molar-refractivity contribution in [3.63, 3.8) is 0 Å². The molecule has 0 N–H and O–H groups in total. The molecule has 0 unspecified atom stereocenters. The number of hydrogen-bond donors (Lipinski definition) is 0. The van der Waals surface area contributed by atoms with Gasteiger partial charge in [-0.25, -0.2) is 14.4 Å². The van der Waals surface area contributed by atoms with Gasteiger partial charge < -0.3 is 23.7 Å². The Kier molecular flexibility index (Phi) is 11.0. The first-order chi connectivity index (χ1) is 19.2. The van der Waals surface area contributed by atoms with Crippen molar-refractivity contribution in [2.45, 2.75) is 32.2 Å². The Bertz CT molecular complexity index is 1290. The van der Waals surface area contributed by atoms with Crippen molar-refractivity contribution < 1.29 is 47.7 Å². The van der Waals surface area contributed by atoms with Gasteiger partial charge in [0.1, 0.15) is 13.2 Å². The van der Waals surface area contributed by atoms with Gasteiger partial charge in [-0.15, -0.1) is 0 Å². The van der Waals surface area contributed by atoms with Gasteiger partial charge in [0, 0.05) is 13.8 Å². The van der Waals surface area contributed by atoms with Crippen LogP contribution < -0.4 is 0 Å². The van der Waals surface area contributed by atoms with Gasteiger partial charge in [-0.1, -0.05) is 54.6 Å². The second-order valence-corrected chi connectivity index (χ2v) is 8.46. The van der Waals surface area contributed by atoms with Crippen molar-refractivity contribution in [2.75, 3.05) is 13.2 Å². The average Bonchev–Trinajstić information content (AvgIpc) is 2.97. The van der Waals surface area contributed by atoms with E-state index in [9.17, 15) is 24.0 Å². The number of hydrogen-bond acceptors (Lipinski definition) is 10. The molecule has 0 aliphatic rings. The van der Waals surface area contributed by atoms with Crippen LogP contribution in [0.1, 0.15) is 44.9 Å². The minimum atomic E-state index is -1.51. The van der Waals surface area contributed by atoms with E-state index in [-0.39, 0.29) is 16.7 Å². The maximum absolute atomic E-state index is 13.0. The molecule has 3 aromatic carbocycles. The molecule has 0 aliphatic heterocycles. The average molecular weight is 549 g/mol. The van der Waals surface area contributed by atoms with Crippen LogP contribution >= 0.6 is 0 Å². The van der Waals surface area contributed by atoms with E-state index in [0.717, 1.165) is 13.8 Å². The summed E-state index contributed by atoms with van der Waals surface area (Å²) >= 11 is 0. The van der Waals surface area contributed by atoms with E-state index in [2.05, 4.69) is 0 Å². The predicted molar refractivity (Wildman–Crippen MR) is 140 cm³/mol. The molecular weight excluding hydrogens is 520 g/mol. The number of esters is 5. The second-order valence-electron chi connectivity index (χ2n) is 8.46. The molecule has 0 aromatic heterocycles. The van der Waals surface area contributed by atoms with Crippen LogP contribution in [0.15, 0.2) is 91.0 Å². The van der Waals surface area contributed by atoms with Crippen molar-refractivity contribution in [1.82, 2.24) is 0 Å². The molecule has 10 heteroatoms. The van der Waals surface area contributed by atoms with Crippen LogP contribution in [0, 0.1) is 0 Å². The van der Waals surface area contributed by atoms with Crippen LogP contribution in [0.2, 0.25) is 0 Å². The molecule has 3 atom stereocenters. The summed E-state index contributed by atoms with van der Waals surface area (Å²) in [5.41, 5.74) is 0.632. The maximum Gasteiger partial charge on any atom is 0.338 e. The highest BCUT2D eigenvalue weighted by Gasteiger charge is 2.39. The van der Waals surface area contributed by atoms with E-state index in [0.29, 0.717) is 0 Å². The summed E-state index contributed by atoms with van der Waals surface area (Å²) in [6.07, 6.45) is -4.39. The summed E-state index contributed by atoms with van der Waals surface area (Å²) in [5, 5.41) is 0. The summed E-state index contributed by atoms with van der Waals surface area (Å²) in [5.74, 6) is -3.88. The molecule has 40 heavy (non-hydrogen) atoms. The van der Waals surface area contributed by atoms with E-state index in [1.165, 1.54) is 36.4 Å². The number of ether oxygens (including phenoxy) is 5. The van der Waals surface area contributed by atoms with Crippen molar-refractivity contribution in [3.05, 3.63) is 108 Å². The number of rotatable bonds is 12. The Balaban J connectivity index is 1.89. The van der Waals surface area contributed by atoms with Gasteiger partial charge in [-0.05, 0) is 36.4 Å². The molecule has 0 aliphatic carbocycles. The summed E-state index contributed by atoms with van der Waals surface area (Å²) in [6.45, 7) is 1.07. The third-order valence-electron chi connectivity index (χ3n) is 5.40. The maximum atomic E-state index is 13.0. The molecule has 0 heterocycles. The third kappa shape index (κ3) is 9.09. The Hall–Kier alpha value is -4.99. The first kappa shape index (κ1) is 29.6. The fourth-order valence-electron chi connectivity index (χ4n) is 3.60. The largest absolute Gasteiger partial charge is 0.458 e. The highest BCUT2D eigenvalue weighted by atomic mass is 16.6. The predicted octanol–water partition coefficient (Wildman–Crippen LogP) is 3.79. The fourth-order valence-corrected chi connectivity index (χ4v) is 3.60. The molecule has 0 saturated carbocycles. The van der Waals surface area contributed by atoms with Crippen LogP contribution in [0.5, 0.6) is 0 Å². The SMILES string of the molecule is CC(=O)O[C@H]([C@H](COC(=O)c1ccccc1)OC(C)=O)[C@@H](COC(=O)c1ccccc1)OC(=O)c1ccccc1. The van der Waals surface area contributed by atoms with Crippen LogP contribution in [0.3, 0.4) is 0 Å². The number of carbonyl (C=O) groups excluding carboxylic acids is 5. The van der Waals surface area contributed by atoms with Gasteiger partial charge in [-0.2, -0.15) is 0 Å². The van der Waals surface area contributed by atoms with E-state index in [4.69, 9.17) is 23.7 Å². The van der Waals surface area contributed by atoms with Gasteiger partial charge in [0.05, 0.1) is 16.7 Å². The summed E-state index contributed by atoms with van der Waals surface area (Å²) in [4.78, 5) is 62.2. The van der Waals surface area contributed by atoms with Crippen molar-refractivity contribution in [3.8, 4) is 0 Å². The molecule has 0 radical (unpaired) electrons. The normalized spacial score (nSPS) is 12.7. The zero-order chi connectivity index (χ0) is 28.9. The second kappa shape index (κ2) is 14.8. The molecule has 0 bridgehead atoms. The summed E-state index contributed by atoms with van der Waals surface area (Å²) in [7, 11) is 0. The van der Waals surface area contributed by atoms with Crippen molar-refractivity contribution >= 4 is 29.8 Å². The smallest absolute Gasteiger partial charge is 0.338 e. The van der Waals surface area contributed by atoms with Crippen LogP contribution in [0.4, 0.5) is 0 Å². The summed E-state index contributed by atoms with van der Waals surface area (Å²) in [6, 6.07) is 24.1. The molecule has 3 aromatic rings. The molecule has 0 fully saturated rings. The minimum absolute atomic E-state index is 0.169. The third-order valence-corrected chi connectivity index (χ3v) is 5.40. The van der Waals surface area contributed by atoms with E-state index in [1.54, 1.807) is 54.6 Å². The van der Waals surface area contributed by atoms with Gasteiger partial charge in [0.2, 0.25) is 0 Å². The molecule has 3 rings (SSSR count). The zero-order valence-corrected chi connectivity index (χ0v) is 21.9. The Morgan fingerprint density at radius 2 is 0.850 bits per heavy atom. The van der Waals surface area contributed by atoms with Gasteiger partial charge in [0.15, 0.2) is 18.3 Å². The first-order valence-corrected chi connectivity index (χ1v) is 12.3. The number of carbonyl (C=O) groups is 5. The standard InChI is InChI=1S/C30H28O10/c1-20(31)38-25(18-36-28(33)22-12-6-3-7-13-22)27(39-21(2)32)26(40-30(35)24-16-10-5-11-17-24)19-37-29(34)23-14-8-4-9-15-23/h3-17,25-27H,18-19H2,1-2H3/t25-,26+,27+/m0/s1. The van der Waals surface area contributed by atoms with Crippen molar-refractivity contribution in [1.29, 1.82) is 0 Å². The Morgan fingerprint density at radius 3 is 1.23 bits per heavy atom. The highest BCUT2D eigenvalue weighted by Crippen LogP contribution is 2.18. The molecule has 0 amide bonds. The quantitative estimate of drug-likeness (QED) is 0.243. The van der Waals surface area contributed by atoms with E-state index < -0.39 is 61.4 Å². The molecule has 208 valence electrons. The Morgan fingerprint density at radius 1 is 0.500 bits per heavy atom. The lowest BCUT2D eigenvalue weighted by molar-refractivity contribution is -0.181. The summed E-state index contributed by atoms with van der Waals surface area (Å²) < 4.78 is 27.1. The molecule has 0 saturated heterocycles. The minimum Gasteiger partial charge on any atom is -0.458 e. The zero-order valence-electron chi connectivity index (χ0n) is 21.9. The van der Waals surface area contributed by atoms with E-state index >= 15 is 0 Å². The van der Waals surface area contributed by atoms with E-state index in [1.807, 2.05) is 0 Å². The molecule has 0 spiro atoms. The first-order valence-electron chi connectivity index (χ1n) is 12.3. The molecular formula is C30H28O10. The van der Waals surface area contributed by atoms with Crippen molar-refractivity contribution in [2.24, 2.45) is 0 Å². The lowest BCUT2D eigenvalue weighted by atomic mass is 10.1. The monoisotopic (exact) mass is 548 g/mol. The van der Waals surface area contributed by atoms with Crippen LogP contribution in [-0.2, 0) is 33.3 Å². The fraction of sp³-hybridized carbons (Fsp3) is 0.233. The van der Waals surface area contributed by atoms with Crippen LogP contribution in [-0.4, -0.2) is 61.4 Å².